The second-order valence-corrected chi connectivity index (χ2v) is 8.14. The number of nitrogens with zero attached hydrogens (tertiary/aromatic N) is 2. The van der Waals surface area contributed by atoms with Crippen LogP contribution in [0.15, 0.2) is 94.5 Å². The Kier molecular flexibility index (Phi) is 4.75. The van der Waals surface area contributed by atoms with Gasteiger partial charge in [-0.05, 0) is 29.8 Å². The highest BCUT2D eigenvalue weighted by atomic mass is 32.2. The van der Waals surface area contributed by atoms with E-state index in [-0.39, 0.29) is 18.0 Å². The highest BCUT2D eigenvalue weighted by molar-refractivity contribution is 7.89. The molecule has 5 nitrogen and oxygen atoms in total. The smallest absolute Gasteiger partial charge is 0.245 e. The largest absolute Gasteiger partial charge is 0.460 e. The minimum Gasteiger partial charge on any atom is -0.460 e. The zero-order valence-corrected chi connectivity index (χ0v) is 15.3. The Balaban J connectivity index is 1.71. The van der Waals surface area contributed by atoms with Crippen molar-refractivity contribution in [1.82, 2.24) is 9.29 Å². The van der Waals surface area contributed by atoms with E-state index in [1.165, 1.54) is 10.5 Å². The average Bonchev–Trinajstić information content (AvgIpc) is 3.11. The van der Waals surface area contributed by atoms with Gasteiger partial charge in [0.25, 0.3) is 0 Å². The lowest BCUT2D eigenvalue weighted by atomic mass is 10.2. The predicted molar refractivity (Wildman–Crippen MR) is 103 cm³/mol. The van der Waals surface area contributed by atoms with Crippen molar-refractivity contribution in [2.75, 3.05) is 0 Å². The number of sulfonamides is 1. The number of rotatable bonds is 6. The van der Waals surface area contributed by atoms with Crippen LogP contribution in [-0.4, -0.2) is 17.7 Å². The van der Waals surface area contributed by atoms with E-state index in [1.807, 2.05) is 60.7 Å². The number of furan rings is 1. The Morgan fingerprint density at radius 3 is 2.41 bits per heavy atom. The Morgan fingerprint density at radius 2 is 1.67 bits per heavy atom. The second kappa shape index (κ2) is 7.34. The topological polar surface area (TPSA) is 63.4 Å². The fourth-order valence-electron chi connectivity index (χ4n) is 2.95. The molecule has 0 aliphatic heterocycles. The van der Waals surface area contributed by atoms with E-state index >= 15 is 0 Å². The average molecular weight is 378 g/mol. The molecule has 27 heavy (non-hydrogen) atoms. The summed E-state index contributed by atoms with van der Waals surface area (Å²) in [6.07, 6.45) is 2.92. The molecule has 4 rings (SSSR count). The molecule has 2 heterocycles. The molecule has 0 spiro atoms. The number of pyridine rings is 1. The molecule has 2 aromatic heterocycles. The zero-order chi connectivity index (χ0) is 18.7. The van der Waals surface area contributed by atoms with Gasteiger partial charge in [0.05, 0.1) is 6.54 Å². The third kappa shape index (κ3) is 3.77. The van der Waals surface area contributed by atoms with Gasteiger partial charge in [0.2, 0.25) is 10.0 Å². The summed E-state index contributed by atoms with van der Waals surface area (Å²) in [6.45, 7) is 0.385. The summed E-state index contributed by atoms with van der Waals surface area (Å²) in [4.78, 5) is 4.12. The molecule has 0 bridgehead atoms. The molecule has 0 aliphatic carbocycles. The predicted octanol–water partition coefficient (Wildman–Crippen LogP) is 4.22. The zero-order valence-electron chi connectivity index (χ0n) is 14.5. The molecular weight excluding hydrogens is 360 g/mol. The summed E-state index contributed by atoms with van der Waals surface area (Å²) in [5, 5.41) is 0.950. The minimum atomic E-state index is -3.72. The van der Waals surface area contributed by atoms with E-state index < -0.39 is 10.0 Å². The molecule has 0 atom stereocenters. The van der Waals surface area contributed by atoms with Gasteiger partial charge in [-0.15, -0.1) is 0 Å². The maximum Gasteiger partial charge on any atom is 0.245 e. The van der Waals surface area contributed by atoms with Crippen LogP contribution in [0.3, 0.4) is 0 Å². The molecule has 0 unspecified atom stereocenters. The Morgan fingerprint density at radius 1 is 0.889 bits per heavy atom. The van der Waals surface area contributed by atoms with Crippen molar-refractivity contribution in [2.24, 2.45) is 0 Å². The summed E-state index contributed by atoms with van der Waals surface area (Å²) in [7, 11) is -3.72. The van der Waals surface area contributed by atoms with Crippen molar-refractivity contribution in [1.29, 1.82) is 0 Å². The fourth-order valence-corrected chi connectivity index (χ4v) is 4.31. The highest BCUT2D eigenvalue weighted by Crippen LogP contribution is 2.24. The molecule has 0 N–H and O–H groups in total. The van der Waals surface area contributed by atoms with Crippen LogP contribution in [0.1, 0.15) is 11.3 Å². The molecule has 2 aromatic carbocycles. The van der Waals surface area contributed by atoms with Crippen molar-refractivity contribution >= 4 is 21.0 Å². The minimum absolute atomic E-state index is 0.140. The number of fused-ring (bicyclic) bond motifs is 1. The molecule has 4 aromatic rings. The maximum atomic E-state index is 13.2. The summed E-state index contributed by atoms with van der Waals surface area (Å²) in [6, 6.07) is 22.2. The lowest BCUT2D eigenvalue weighted by Gasteiger charge is -2.21. The molecule has 0 radical (unpaired) electrons. The third-order valence-electron chi connectivity index (χ3n) is 4.28. The molecule has 0 saturated carbocycles. The lowest BCUT2D eigenvalue weighted by molar-refractivity contribution is 0.365. The van der Waals surface area contributed by atoms with Gasteiger partial charge in [-0.25, -0.2) is 8.42 Å². The summed E-state index contributed by atoms with van der Waals surface area (Å²) < 4.78 is 33.7. The summed E-state index contributed by atoms with van der Waals surface area (Å²) in [5.74, 6) is 0.597. The van der Waals surface area contributed by atoms with E-state index in [1.54, 1.807) is 18.3 Å². The van der Waals surface area contributed by atoms with Crippen LogP contribution in [0.2, 0.25) is 0 Å². The molecule has 0 saturated heterocycles. The van der Waals surface area contributed by atoms with E-state index in [9.17, 15) is 8.42 Å². The first-order valence-corrected chi connectivity index (χ1v) is 9.98. The van der Waals surface area contributed by atoms with Crippen molar-refractivity contribution in [3.05, 3.63) is 96.5 Å². The molecule has 136 valence electrons. The van der Waals surface area contributed by atoms with Gasteiger partial charge in [0.1, 0.15) is 16.2 Å². The van der Waals surface area contributed by atoms with Gasteiger partial charge < -0.3 is 4.42 Å². The van der Waals surface area contributed by atoms with Crippen molar-refractivity contribution in [3.63, 3.8) is 0 Å². The van der Waals surface area contributed by atoms with Crippen LogP contribution in [0, 0.1) is 0 Å². The van der Waals surface area contributed by atoms with E-state index in [2.05, 4.69) is 4.98 Å². The van der Waals surface area contributed by atoms with Crippen LogP contribution in [0.5, 0.6) is 0 Å². The van der Waals surface area contributed by atoms with Crippen LogP contribution in [0.4, 0.5) is 0 Å². The Hall–Kier alpha value is -2.96. The van der Waals surface area contributed by atoms with Gasteiger partial charge in [-0.3, -0.25) is 4.98 Å². The number of para-hydroxylation sites is 1. The van der Waals surface area contributed by atoms with E-state index in [0.717, 1.165) is 16.5 Å². The number of benzene rings is 2. The van der Waals surface area contributed by atoms with Crippen LogP contribution < -0.4 is 0 Å². The van der Waals surface area contributed by atoms with Crippen LogP contribution in [-0.2, 0) is 23.1 Å². The SMILES string of the molecule is O=S(=O)(c1cccnc1)N(Cc1ccccc1)Cc1cc2ccccc2o1. The monoisotopic (exact) mass is 378 g/mol. The number of aromatic nitrogens is 1. The number of hydrogen-bond donors (Lipinski definition) is 0. The summed E-state index contributed by atoms with van der Waals surface area (Å²) in [5.41, 5.74) is 1.65. The van der Waals surface area contributed by atoms with Gasteiger partial charge in [-0.2, -0.15) is 4.31 Å². The highest BCUT2D eigenvalue weighted by Gasteiger charge is 2.26. The van der Waals surface area contributed by atoms with E-state index in [4.69, 9.17) is 4.42 Å². The first-order chi connectivity index (χ1) is 13.1. The fraction of sp³-hybridized carbons (Fsp3) is 0.0952. The molecule has 0 amide bonds. The standard InChI is InChI=1S/C21H18N2O3S/c24-27(25,20-10-6-12-22-14-20)23(15-17-7-2-1-3-8-17)16-19-13-18-9-4-5-11-21(18)26-19/h1-14H,15-16H2. The Bertz CT molecular complexity index is 1110. The maximum absolute atomic E-state index is 13.2. The van der Waals surface area contributed by atoms with Crippen LogP contribution in [0.25, 0.3) is 11.0 Å². The lowest BCUT2D eigenvalue weighted by Crippen LogP contribution is -2.30. The van der Waals surface area contributed by atoms with Gasteiger partial charge in [0.15, 0.2) is 0 Å². The van der Waals surface area contributed by atoms with Gasteiger partial charge in [-0.1, -0.05) is 48.5 Å². The van der Waals surface area contributed by atoms with Gasteiger partial charge in [0, 0.05) is 24.3 Å². The summed E-state index contributed by atoms with van der Waals surface area (Å²) >= 11 is 0. The van der Waals surface area contributed by atoms with Crippen LogP contribution >= 0.6 is 0 Å². The second-order valence-electron chi connectivity index (χ2n) is 6.20. The van der Waals surface area contributed by atoms with Crippen molar-refractivity contribution in [3.8, 4) is 0 Å². The first kappa shape index (κ1) is 17.5. The van der Waals surface area contributed by atoms with Crippen molar-refractivity contribution in [2.45, 2.75) is 18.0 Å². The molecule has 6 heteroatoms. The van der Waals surface area contributed by atoms with E-state index in [0.29, 0.717) is 5.76 Å². The third-order valence-corrected chi connectivity index (χ3v) is 6.06. The molecule has 0 fully saturated rings. The first-order valence-electron chi connectivity index (χ1n) is 8.54. The number of hydrogen-bond acceptors (Lipinski definition) is 4. The molecule has 0 aliphatic rings. The van der Waals surface area contributed by atoms with Gasteiger partial charge >= 0.3 is 0 Å². The Labute approximate surface area is 157 Å². The quantitative estimate of drug-likeness (QED) is 0.504. The van der Waals surface area contributed by atoms with Crippen molar-refractivity contribution < 1.29 is 12.8 Å². The normalized spacial score (nSPS) is 11.9. The molecular formula is C21H18N2O3S.